The van der Waals surface area contributed by atoms with Crippen LogP contribution < -0.4 is 9.80 Å². The second-order valence-electron chi connectivity index (χ2n) is 11.3. The van der Waals surface area contributed by atoms with Gasteiger partial charge in [0.1, 0.15) is 23.6 Å². The van der Waals surface area contributed by atoms with Gasteiger partial charge in [-0.1, -0.05) is 35.4 Å². The molecule has 2 aromatic heterocycles. The number of benzene rings is 2. The van der Waals surface area contributed by atoms with Gasteiger partial charge < -0.3 is 8.83 Å². The number of hydrazine groups is 1. The van der Waals surface area contributed by atoms with Gasteiger partial charge in [0, 0.05) is 0 Å². The fourth-order valence-electron chi connectivity index (χ4n) is 7.21. The molecule has 0 N–H and O–H groups in total. The number of anilines is 2. The Morgan fingerprint density at radius 1 is 0.500 bits per heavy atom. The number of rotatable bonds is 4. The van der Waals surface area contributed by atoms with Crippen molar-refractivity contribution >= 4 is 35.0 Å². The minimum absolute atomic E-state index is 0.383. The molecular formula is C32H26N4O6. The molecule has 4 fully saturated rings. The van der Waals surface area contributed by atoms with Gasteiger partial charge in [-0.25, -0.2) is 19.8 Å². The lowest BCUT2D eigenvalue weighted by molar-refractivity contribution is -0.136. The Bertz CT molecular complexity index is 1600. The minimum atomic E-state index is -0.969. The second-order valence-corrected chi connectivity index (χ2v) is 11.3. The summed E-state index contributed by atoms with van der Waals surface area (Å²) in [6, 6.07) is 17.8. The molecule has 8 rings (SSSR count). The molecule has 4 saturated heterocycles. The maximum atomic E-state index is 14.3. The third kappa shape index (κ3) is 3.21. The lowest BCUT2D eigenvalue weighted by Crippen LogP contribution is -2.50. The zero-order valence-corrected chi connectivity index (χ0v) is 22.8. The Hall–Kier alpha value is -4.80. The van der Waals surface area contributed by atoms with Crippen LogP contribution in [0.3, 0.4) is 0 Å². The smallest absolute Gasteiger partial charge is 0.253 e. The Morgan fingerprint density at radius 3 is 1.21 bits per heavy atom. The van der Waals surface area contributed by atoms with Crippen molar-refractivity contribution in [1.29, 1.82) is 0 Å². The van der Waals surface area contributed by atoms with Crippen molar-refractivity contribution in [3.8, 4) is 0 Å². The van der Waals surface area contributed by atoms with E-state index in [4.69, 9.17) is 8.83 Å². The summed E-state index contributed by atoms with van der Waals surface area (Å²) in [7, 11) is 0. The van der Waals surface area contributed by atoms with E-state index in [0.29, 0.717) is 22.9 Å². The van der Waals surface area contributed by atoms with Crippen LogP contribution in [-0.2, 0) is 19.2 Å². The summed E-state index contributed by atoms with van der Waals surface area (Å²) in [5, 5.41) is 3.51. The molecule has 10 heteroatoms. The van der Waals surface area contributed by atoms with Gasteiger partial charge in [-0.15, -0.1) is 0 Å². The highest BCUT2D eigenvalue weighted by atomic mass is 16.3. The highest BCUT2D eigenvalue weighted by Crippen LogP contribution is 2.59. The maximum absolute atomic E-state index is 14.3. The fraction of sp³-hybridized carbons (Fsp3) is 0.250. The summed E-state index contributed by atoms with van der Waals surface area (Å²) in [4.78, 5) is 59.3. The van der Waals surface area contributed by atoms with E-state index < -0.39 is 47.8 Å². The highest BCUT2D eigenvalue weighted by molar-refractivity contribution is 6.26. The van der Waals surface area contributed by atoms with Crippen LogP contribution in [-0.4, -0.2) is 45.7 Å². The van der Waals surface area contributed by atoms with E-state index in [2.05, 4.69) is 0 Å². The van der Waals surface area contributed by atoms with Gasteiger partial charge >= 0.3 is 0 Å². The number of carbonyl (C=O) groups is 4. The molecule has 4 aromatic rings. The molecule has 42 heavy (non-hydrogen) atoms. The SMILES string of the molecule is Cc1ccc(N2C(=O)[C@@H]3[C@@H](C2=O)N2[C@@H](c4ccco4)[C@H]4C(=O)N(c5ccc(C)cc5)C(=O)[C@@H]4N2[C@H]3c2ccco2)cc1. The van der Waals surface area contributed by atoms with Crippen molar-refractivity contribution in [2.24, 2.45) is 11.8 Å². The van der Waals surface area contributed by atoms with Crippen molar-refractivity contribution in [2.45, 2.75) is 38.0 Å². The average molecular weight is 563 g/mol. The number of carbonyl (C=O) groups excluding carboxylic acids is 4. The molecule has 6 heterocycles. The summed E-state index contributed by atoms with van der Waals surface area (Å²) in [5.41, 5.74) is 2.94. The standard InChI is InChI=1S/C32H26N4O6/c1-17-7-11-19(12-8-17)33-29(37)23-25(21-5-3-15-41-21)36-28-24(26(22-6-4-16-42-22)35(36)27(23)31(33)39)30(38)34(32(28)40)20-13-9-18(2)10-14-20/h3-16,23-28H,1-2H3/t23-,24+,25-,26-,27-,28+/m0/s1. The zero-order valence-electron chi connectivity index (χ0n) is 22.8. The van der Waals surface area contributed by atoms with Gasteiger partial charge in [0.25, 0.3) is 11.8 Å². The Kier molecular flexibility index (Phi) is 5.26. The normalized spacial score (nSPS) is 29.1. The Balaban J connectivity index is 1.30. The summed E-state index contributed by atoms with van der Waals surface area (Å²) in [5.74, 6) is -2.48. The van der Waals surface area contributed by atoms with Gasteiger partial charge in [-0.2, -0.15) is 0 Å². The lowest BCUT2D eigenvalue weighted by atomic mass is 9.87. The first kappa shape index (κ1) is 25.0. The maximum Gasteiger partial charge on any atom is 0.253 e. The van der Waals surface area contributed by atoms with Crippen LogP contribution in [0.1, 0.15) is 34.7 Å². The lowest BCUT2D eigenvalue weighted by Gasteiger charge is -2.34. The van der Waals surface area contributed by atoms with Crippen LogP contribution in [0, 0.1) is 25.7 Å². The largest absolute Gasteiger partial charge is 0.468 e. The molecule has 0 aliphatic carbocycles. The third-order valence-corrected chi connectivity index (χ3v) is 8.98. The van der Waals surface area contributed by atoms with Crippen molar-refractivity contribution < 1.29 is 28.0 Å². The number of hydrogen-bond acceptors (Lipinski definition) is 8. The number of furan rings is 2. The van der Waals surface area contributed by atoms with Crippen molar-refractivity contribution in [1.82, 2.24) is 10.0 Å². The average Bonchev–Trinajstić information content (AvgIpc) is 3.81. The van der Waals surface area contributed by atoms with E-state index in [9.17, 15) is 19.2 Å². The Labute approximate surface area is 240 Å². The number of aryl methyl sites for hydroxylation is 2. The van der Waals surface area contributed by atoms with E-state index in [1.165, 1.54) is 22.3 Å². The van der Waals surface area contributed by atoms with Gasteiger partial charge in [0.2, 0.25) is 11.8 Å². The molecule has 4 amide bonds. The molecule has 10 nitrogen and oxygen atoms in total. The van der Waals surface area contributed by atoms with Crippen LogP contribution >= 0.6 is 0 Å². The van der Waals surface area contributed by atoms with Gasteiger partial charge in [-0.05, 0) is 62.4 Å². The highest BCUT2D eigenvalue weighted by Gasteiger charge is 2.74. The molecule has 0 bridgehead atoms. The molecule has 0 spiro atoms. The zero-order chi connectivity index (χ0) is 28.9. The predicted molar refractivity (Wildman–Crippen MR) is 148 cm³/mol. The molecule has 0 saturated carbocycles. The minimum Gasteiger partial charge on any atom is -0.468 e. The van der Waals surface area contributed by atoms with E-state index in [0.717, 1.165) is 11.1 Å². The topological polar surface area (TPSA) is 108 Å². The molecular weight excluding hydrogens is 536 g/mol. The number of fused-ring (bicyclic) bond motifs is 5. The van der Waals surface area contributed by atoms with E-state index >= 15 is 0 Å². The number of imide groups is 2. The van der Waals surface area contributed by atoms with Crippen LogP contribution in [0.4, 0.5) is 11.4 Å². The number of nitrogens with zero attached hydrogens (tertiary/aromatic N) is 4. The fourth-order valence-corrected chi connectivity index (χ4v) is 7.21. The first-order valence-corrected chi connectivity index (χ1v) is 13.9. The van der Waals surface area contributed by atoms with Crippen molar-refractivity contribution in [3.05, 3.63) is 108 Å². The third-order valence-electron chi connectivity index (χ3n) is 8.98. The van der Waals surface area contributed by atoms with Gasteiger partial charge in [0.15, 0.2) is 0 Å². The molecule has 0 unspecified atom stereocenters. The summed E-state index contributed by atoms with van der Waals surface area (Å²) in [6.45, 7) is 3.86. The van der Waals surface area contributed by atoms with E-state index in [1.807, 2.05) is 38.1 Å². The first-order valence-electron chi connectivity index (χ1n) is 13.9. The molecule has 6 atom stereocenters. The van der Waals surface area contributed by atoms with Gasteiger partial charge in [-0.3, -0.25) is 19.2 Å². The summed E-state index contributed by atoms with van der Waals surface area (Å²) < 4.78 is 11.7. The van der Waals surface area contributed by atoms with Crippen molar-refractivity contribution in [3.63, 3.8) is 0 Å². The second kappa shape index (κ2) is 8.85. The van der Waals surface area contributed by atoms with Gasteiger partial charge in [0.05, 0.1) is 47.8 Å². The number of amides is 4. The molecule has 4 aliphatic rings. The molecule has 0 radical (unpaired) electrons. The molecule has 210 valence electrons. The molecule has 2 aromatic carbocycles. The van der Waals surface area contributed by atoms with E-state index in [1.54, 1.807) is 58.5 Å². The van der Waals surface area contributed by atoms with Crippen LogP contribution in [0.25, 0.3) is 0 Å². The Morgan fingerprint density at radius 2 is 0.881 bits per heavy atom. The molecule has 4 aliphatic heterocycles. The monoisotopic (exact) mass is 562 g/mol. The van der Waals surface area contributed by atoms with E-state index in [-0.39, 0.29) is 11.8 Å². The number of hydrogen-bond donors (Lipinski definition) is 0. The summed E-state index contributed by atoms with van der Waals surface area (Å²) in [6.07, 6.45) is 3.01. The van der Waals surface area contributed by atoms with Crippen molar-refractivity contribution in [2.75, 3.05) is 9.80 Å². The van der Waals surface area contributed by atoms with Crippen LogP contribution in [0.15, 0.2) is 94.2 Å². The quantitative estimate of drug-likeness (QED) is 0.345. The van der Waals surface area contributed by atoms with Crippen LogP contribution in [0.2, 0.25) is 0 Å². The van der Waals surface area contributed by atoms with Crippen LogP contribution in [0.5, 0.6) is 0 Å². The first-order chi connectivity index (χ1) is 20.4. The summed E-state index contributed by atoms with van der Waals surface area (Å²) >= 11 is 0. The predicted octanol–water partition coefficient (Wildman–Crippen LogP) is 3.93.